The van der Waals surface area contributed by atoms with Crippen LogP contribution in [0.3, 0.4) is 0 Å². The maximum absolute atomic E-state index is 13.7. The lowest BCUT2D eigenvalue weighted by atomic mass is 9.68. The number of carbonyl (C=O) groups excluding carboxylic acids is 1. The molecule has 3 nitrogen and oxygen atoms in total. The van der Waals surface area contributed by atoms with E-state index >= 15 is 0 Å². The van der Waals surface area contributed by atoms with Crippen LogP contribution in [-0.2, 0) is 0 Å². The van der Waals surface area contributed by atoms with Gasteiger partial charge >= 0.3 is 0 Å². The molecule has 0 radical (unpaired) electrons. The van der Waals surface area contributed by atoms with E-state index in [-0.39, 0.29) is 5.82 Å². The van der Waals surface area contributed by atoms with Gasteiger partial charge in [0.1, 0.15) is 5.82 Å². The van der Waals surface area contributed by atoms with Crippen LogP contribution in [0.1, 0.15) is 42.5 Å². The number of halogens is 1. The molecule has 2 aromatic rings. The Morgan fingerprint density at radius 3 is 2.68 bits per heavy atom. The molecular formula is C18H19FN2O. The smallest absolute Gasteiger partial charge is 0.153 e. The van der Waals surface area contributed by atoms with Crippen molar-refractivity contribution in [2.24, 2.45) is 5.41 Å². The van der Waals surface area contributed by atoms with Crippen molar-refractivity contribution in [3.05, 3.63) is 35.8 Å². The zero-order valence-electron chi connectivity index (χ0n) is 12.5. The molecule has 22 heavy (non-hydrogen) atoms. The maximum atomic E-state index is 13.7. The van der Waals surface area contributed by atoms with Gasteiger partial charge in [-0.1, -0.05) is 19.3 Å². The van der Waals surface area contributed by atoms with Gasteiger partial charge in [-0.2, -0.15) is 0 Å². The number of nitrogens with zero attached hydrogens (tertiary/aromatic N) is 2. The van der Waals surface area contributed by atoms with E-state index < -0.39 is 0 Å². The summed E-state index contributed by atoms with van der Waals surface area (Å²) in [5.41, 5.74) is 2.58. The highest BCUT2D eigenvalue weighted by atomic mass is 19.1. The molecule has 4 rings (SSSR count). The van der Waals surface area contributed by atoms with E-state index in [4.69, 9.17) is 0 Å². The summed E-state index contributed by atoms with van der Waals surface area (Å²) in [4.78, 5) is 17.9. The molecule has 2 aliphatic rings. The third kappa shape index (κ3) is 2.09. The average Bonchev–Trinajstić information content (AvgIpc) is 2.52. The summed E-state index contributed by atoms with van der Waals surface area (Å²) in [6.07, 6.45) is 8.94. The summed E-state index contributed by atoms with van der Waals surface area (Å²) in [6, 6.07) is 4.59. The quantitative estimate of drug-likeness (QED) is 0.787. The van der Waals surface area contributed by atoms with Crippen LogP contribution >= 0.6 is 0 Å². The molecule has 2 heterocycles. The highest BCUT2D eigenvalue weighted by Crippen LogP contribution is 2.47. The van der Waals surface area contributed by atoms with Crippen LogP contribution in [0.4, 0.5) is 10.1 Å². The topological polar surface area (TPSA) is 33.2 Å². The minimum atomic E-state index is -0.286. The molecule has 0 bridgehead atoms. The Bertz CT molecular complexity index is 729. The van der Waals surface area contributed by atoms with Crippen molar-refractivity contribution < 1.29 is 9.18 Å². The molecule has 2 fully saturated rings. The van der Waals surface area contributed by atoms with Crippen LogP contribution in [0.2, 0.25) is 0 Å². The SMILES string of the molecule is O=Cc1cnc2ccc(F)cc2c1N1CC2(CCCCC2)C1. The third-order valence-corrected chi connectivity index (χ3v) is 5.24. The Morgan fingerprint density at radius 1 is 1.18 bits per heavy atom. The van der Waals surface area contributed by atoms with Crippen LogP contribution < -0.4 is 4.90 Å². The third-order valence-electron chi connectivity index (χ3n) is 5.24. The number of rotatable bonds is 2. The standard InChI is InChI=1S/C18H19FN2O/c19-14-4-5-16-15(8-14)17(13(10-22)9-20-16)21-11-18(12-21)6-2-1-3-7-18/h4-5,8-10H,1-3,6-7,11-12H2. The fourth-order valence-electron chi connectivity index (χ4n) is 4.14. The zero-order valence-corrected chi connectivity index (χ0v) is 12.5. The molecule has 1 aliphatic heterocycles. The van der Waals surface area contributed by atoms with E-state index in [0.717, 1.165) is 36.0 Å². The largest absolute Gasteiger partial charge is 0.369 e. The number of aldehydes is 1. The number of pyridine rings is 1. The minimum Gasteiger partial charge on any atom is -0.369 e. The monoisotopic (exact) mass is 298 g/mol. The van der Waals surface area contributed by atoms with Crippen molar-refractivity contribution in [2.75, 3.05) is 18.0 Å². The van der Waals surface area contributed by atoms with Gasteiger partial charge in [0.15, 0.2) is 6.29 Å². The lowest BCUT2D eigenvalue weighted by Gasteiger charge is -2.54. The van der Waals surface area contributed by atoms with Gasteiger partial charge in [0.25, 0.3) is 0 Å². The van der Waals surface area contributed by atoms with Gasteiger partial charge in [-0.25, -0.2) is 4.39 Å². The molecule has 0 amide bonds. The molecular weight excluding hydrogens is 279 g/mol. The number of benzene rings is 1. The van der Waals surface area contributed by atoms with Crippen LogP contribution in [0.15, 0.2) is 24.4 Å². The Kier molecular flexibility index (Phi) is 3.13. The molecule has 1 saturated carbocycles. The van der Waals surface area contributed by atoms with Crippen molar-refractivity contribution in [2.45, 2.75) is 32.1 Å². The van der Waals surface area contributed by atoms with Crippen LogP contribution in [-0.4, -0.2) is 24.4 Å². The first-order valence-electron chi connectivity index (χ1n) is 7.99. The zero-order chi connectivity index (χ0) is 15.2. The van der Waals surface area contributed by atoms with Crippen LogP contribution in [0, 0.1) is 11.2 Å². The Hall–Kier alpha value is -1.97. The Labute approximate surface area is 129 Å². The van der Waals surface area contributed by atoms with Crippen molar-refractivity contribution in [1.29, 1.82) is 0 Å². The normalized spacial score (nSPS) is 20.1. The van der Waals surface area contributed by atoms with Crippen molar-refractivity contribution >= 4 is 22.9 Å². The number of hydrogen-bond acceptors (Lipinski definition) is 3. The molecule has 114 valence electrons. The van der Waals surface area contributed by atoms with Gasteiger partial charge < -0.3 is 4.90 Å². The predicted octanol–water partition coefficient (Wildman–Crippen LogP) is 3.96. The van der Waals surface area contributed by atoms with E-state index in [1.165, 1.54) is 44.2 Å². The van der Waals surface area contributed by atoms with Gasteiger partial charge in [-0.05, 0) is 31.0 Å². The first-order chi connectivity index (χ1) is 10.7. The first-order valence-corrected chi connectivity index (χ1v) is 7.99. The van der Waals surface area contributed by atoms with Gasteiger partial charge in [0, 0.05) is 30.1 Å². The van der Waals surface area contributed by atoms with Gasteiger partial charge in [0.05, 0.1) is 16.8 Å². The van der Waals surface area contributed by atoms with E-state index in [1.807, 2.05) is 0 Å². The maximum Gasteiger partial charge on any atom is 0.153 e. The number of carbonyl (C=O) groups is 1. The van der Waals surface area contributed by atoms with E-state index in [9.17, 15) is 9.18 Å². The summed E-state index contributed by atoms with van der Waals surface area (Å²) in [5, 5.41) is 0.746. The lowest BCUT2D eigenvalue weighted by molar-refractivity contribution is 0.111. The second kappa shape index (κ2) is 5.04. The summed E-state index contributed by atoms with van der Waals surface area (Å²) >= 11 is 0. The van der Waals surface area contributed by atoms with Crippen LogP contribution in [0.25, 0.3) is 10.9 Å². The predicted molar refractivity (Wildman–Crippen MR) is 84.8 cm³/mol. The molecule has 1 saturated heterocycles. The van der Waals surface area contributed by atoms with E-state index in [1.54, 1.807) is 12.3 Å². The fourth-order valence-corrected chi connectivity index (χ4v) is 4.14. The minimum absolute atomic E-state index is 0.286. The molecule has 0 N–H and O–H groups in total. The summed E-state index contributed by atoms with van der Waals surface area (Å²) in [7, 11) is 0. The van der Waals surface area contributed by atoms with E-state index in [0.29, 0.717) is 11.0 Å². The van der Waals surface area contributed by atoms with Crippen molar-refractivity contribution in [3.8, 4) is 0 Å². The number of fused-ring (bicyclic) bond motifs is 1. The summed E-state index contributed by atoms with van der Waals surface area (Å²) < 4.78 is 13.7. The first kappa shape index (κ1) is 13.7. The van der Waals surface area contributed by atoms with E-state index in [2.05, 4.69) is 9.88 Å². The summed E-state index contributed by atoms with van der Waals surface area (Å²) in [6.45, 7) is 1.95. The van der Waals surface area contributed by atoms with Crippen LogP contribution in [0.5, 0.6) is 0 Å². The second-order valence-corrected chi connectivity index (χ2v) is 6.76. The van der Waals surface area contributed by atoms with Gasteiger partial charge in [0.2, 0.25) is 0 Å². The molecule has 0 atom stereocenters. The molecule has 1 aliphatic carbocycles. The second-order valence-electron chi connectivity index (χ2n) is 6.76. The highest BCUT2D eigenvalue weighted by molar-refractivity contribution is 6.00. The van der Waals surface area contributed by atoms with Crippen molar-refractivity contribution in [3.63, 3.8) is 0 Å². The average molecular weight is 298 g/mol. The molecule has 1 aromatic carbocycles. The van der Waals surface area contributed by atoms with Crippen molar-refractivity contribution in [1.82, 2.24) is 4.98 Å². The van der Waals surface area contributed by atoms with Gasteiger partial charge in [-0.15, -0.1) is 0 Å². The Morgan fingerprint density at radius 2 is 1.95 bits per heavy atom. The fraction of sp³-hybridized carbons (Fsp3) is 0.444. The molecule has 4 heteroatoms. The summed E-state index contributed by atoms with van der Waals surface area (Å²) in [5.74, 6) is -0.286. The molecule has 0 unspecified atom stereocenters. The number of hydrogen-bond donors (Lipinski definition) is 0. The number of anilines is 1. The van der Waals surface area contributed by atoms with Gasteiger partial charge in [-0.3, -0.25) is 9.78 Å². The number of aromatic nitrogens is 1. The highest BCUT2D eigenvalue weighted by Gasteiger charge is 2.44. The molecule has 1 aromatic heterocycles. The lowest BCUT2D eigenvalue weighted by Crippen LogP contribution is -2.57. The molecule has 1 spiro atoms. The Balaban J connectivity index is 1.74.